The third-order valence-electron chi connectivity index (χ3n) is 7.42. The summed E-state index contributed by atoms with van der Waals surface area (Å²) in [4.78, 5) is 39.9. The van der Waals surface area contributed by atoms with Gasteiger partial charge in [-0.2, -0.15) is 0 Å². The summed E-state index contributed by atoms with van der Waals surface area (Å²) in [6.45, 7) is 5.76. The average Bonchev–Trinajstić information content (AvgIpc) is 3.36. The van der Waals surface area contributed by atoms with Crippen LogP contribution in [0.4, 0.5) is 4.39 Å². The van der Waals surface area contributed by atoms with Crippen LogP contribution in [0.25, 0.3) is 21.6 Å². The number of carbonyl (C=O) groups is 2. The number of carbonyl (C=O) groups excluding carboxylic acids is 2. The molecule has 0 radical (unpaired) electrons. The van der Waals surface area contributed by atoms with E-state index in [0.717, 1.165) is 34.6 Å². The number of hydrogen-bond donors (Lipinski definition) is 0. The minimum Gasteiger partial charge on any atom is -0.455 e. The van der Waals surface area contributed by atoms with Gasteiger partial charge in [0.15, 0.2) is 11.6 Å². The highest BCUT2D eigenvalue weighted by molar-refractivity contribution is 7.17. The van der Waals surface area contributed by atoms with Crippen LogP contribution < -0.4 is 0 Å². The second-order valence-corrected chi connectivity index (χ2v) is 13.5. The predicted molar refractivity (Wildman–Crippen MR) is 165 cm³/mol. The molecule has 1 saturated carbocycles. The molecule has 0 unspecified atom stereocenters. The molecule has 0 bridgehead atoms. The van der Waals surface area contributed by atoms with Gasteiger partial charge in [0, 0.05) is 36.8 Å². The Balaban J connectivity index is 1.10. The summed E-state index contributed by atoms with van der Waals surface area (Å²) in [6, 6.07) is 3.59. The second kappa shape index (κ2) is 11.1. The highest BCUT2D eigenvalue weighted by Gasteiger charge is 2.27. The molecule has 0 aromatic carbocycles. The molecule has 14 heteroatoms. The van der Waals surface area contributed by atoms with Gasteiger partial charge in [-0.3, -0.25) is 4.79 Å². The molecule has 0 aliphatic heterocycles. The number of thiazole rings is 1. The van der Waals surface area contributed by atoms with Crippen LogP contribution in [0.5, 0.6) is 0 Å². The van der Waals surface area contributed by atoms with E-state index in [-0.39, 0.29) is 39.9 Å². The maximum atomic E-state index is 14.6. The molecule has 0 amide bonds. The van der Waals surface area contributed by atoms with E-state index in [9.17, 15) is 14.0 Å². The van der Waals surface area contributed by atoms with Gasteiger partial charge >= 0.3 is 5.97 Å². The standard InChI is InChI=1S/C31H28ClFN8O3S/c1-31(2,3)44-30(43)29-34-11-25(45-29)20-10-18(17-4-5-17)12-40-13-19(36-28(20)40)14-41-15-23(37-38-41)24(42)7-6-22-27-26(33)21(32)8-9-39(27)16-35-22/h8-13,15-17H,4-7,14H2,1-3H3. The van der Waals surface area contributed by atoms with E-state index in [4.69, 9.17) is 21.3 Å². The molecular formula is C31H28ClFN8O3S. The van der Waals surface area contributed by atoms with E-state index in [1.54, 1.807) is 27.7 Å². The summed E-state index contributed by atoms with van der Waals surface area (Å²) < 4.78 is 25.2. The molecule has 6 aromatic heterocycles. The van der Waals surface area contributed by atoms with Gasteiger partial charge in [-0.25, -0.2) is 28.8 Å². The third kappa shape index (κ3) is 5.97. The van der Waals surface area contributed by atoms with Crippen molar-refractivity contribution >= 4 is 45.9 Å². The molecule has 11 nitrogen and oxygen atoms in total. The monoisotopic (exact) mass is 646 g/mol. The van der Waals surface area contributed by atoms with E-state index in [1.807, 2.05) is 31.4 Å². The van der Waals surface area contributed by atoms with Crippen LogP contribution in [-0.4, -0.2) is 56.1 Å². The number of pyridine rings is 2. The molecule has 0 atom stereocenters. The second-order valence-electron chi connectivity index (χ2n) is 12.1. The molecule has 1 aliphatic carbocycles. The van der Waals surface area contributed by atoms with Gasteiger partial charge in [-0.05, 0) is 63.6 Å². The molecule has 1 aliphatic rings. The zero-order chi connectivity index (χ0) is 31.5. The SMILES string of the molecule is CC(C)(C)OC(=O)c1ncc(-c2cc(C3CC3)cn3cc(Cn4cc(C(=O)CCc5ncn6ccc(Cl)c(F)c56)nn4)nc23)s1. The summed E-state index contributed by atoms with van der Waals surface area (Å²) in [7, 11) is 0. The summed E-state index contributed by atoms with van der Waals surface area (Å²) >= 11 is 7.21. The number of ketones is 1. The van der Waals surface area contributed by atoms with E-state index >= 15 is 0 Å². The molecular weight excluding hydrogens is 619 g/mol. The van der Waals surface area contributed by atoms with Crippen LogP contribution in [0.3, 0.4) is 0 Å². The first-order valence-corrected chi connectivity index (χ1v) is 15.7. The summed E-state index contributed by atoms with van der Waals surface area (Å²) in [6.07, 6.45) is 13.0. The Morgan fingerprint density at radius 3 is 2.76 bits per heavy atom. The fourth-order valence-corrected chi connectivity index (χ4v) is 6.13. The number of hydrogen-bond acceptors (Lipinski definition) is 9. The Bertz CT molecular complexity index is 2100. The van der Waals surface area contributed by atoms with Crippen molar-refractivity contribution in [2.45, 2.75) is 64.5 Å². The zero-order valence-corrected chi connectivity index (χ0v) is 26.3. The highest BCUT2D eigenvalue weighted by Crippen LogP contribution is 2.42. The molecule has 6 heterocycles. The number of nitrogens with zero attached hydrogens (tertiary/aromatic N) is 8. The van der Waals surface area contributed by atoms with Crippen molar-refractivity contribution in [3.05, 3.63) is 87.9 Å². The first-order valence-electron chi connectivity index (χ1n) is 14.5. The Kier molecular flexibility index (Phi) is 7.24. The third-order valence-corrected chi connectivity index (χ3v) is 8.72. The average molecular weight is 647 g/mol. The smallest absolute Gasteiger partial charge is 0.367 e. The number of aromatic nitrogens is 8. The summed E-state index contributed by atoms with van der Waals surface area (Å²) in [5.74, 6) is -0.760. The zero-order valence-electron chi connectivity index (χ0n) is 24.7. The Hall–Kier alpha value is -4.49. The fourth-order valence-electron chi connectivity index (χ4n) is 5.18. The van der Waals surface area contributed by atoms with Crippen molar-refractivity contribution in [3.63, 3.8) is 0 Å². The fraction of sp³-hybridized carbons (Fsp3) is 0.323. The lowest BCUT2D eigenvalue weighted by molar-refractivity contribution is 0.00690. The van der Waals surface area contributed by atoms with Gasteiger partial charge < -0.3 is 13.5 Å². The largest absolute Gasteiger partial charge is 0.455 e. The Morgan fingerprint density at radius 2 is 1.98 bits per heavy atom. The quantitative estimate of drug-likeness (QED) is 0.135. The van der Waals surface area contributed by atoms with Gasteiger partial charge in [0.05, 0.1) is 40.4 Å². The van der Waals surface area contributed by atoms with Crippen LogP contribution in [0.2, 0.25) is 5.02 Å². The molecule has 7 rings (SSSR count). The number of rotatable bonds is 9. The van der Waals surface area contributed by atoms with Gasteiger partial charge in [0.1, 0.15) is 22.5 Å². The molecule has 0 saturated heterocycles. The number of Topliss-reactive ketones (excluding diaryl/α,β-unsaturated/α-hetero) is 1. The highest BCUT2D eigenvalue weighted by atomic mass is 35.5. The molecule has 0 spiro atoms. The topological polar surface area (TPSA) is 122 Å². The van der Waals surface area contributed by atoms with Crippen molar-refractivity contribution in [3.8, 4) is 10.4 Å². The van der Waals surface area contributed by atoms with Crippen LogP contribution in [0.1, 0.15) is 83.2 Å². The number of aryl methyl sites for hydroxylation is 1. The molecule has 1 fully saturated rings. The van der Waals surface area contributed by atoms with Crippen LogP contribution in [-0.2, 0) is 17.7 Å². The van der Waals surface area contributed by atoms with Crippen LogP contribution >= 0.6 is 22.9 Å². The van der Waals surface area contributed by atoms with E-state index in [0.29, 0.717) is 18.2 Å². The first-order chi connectivity index (χ1) is 21.5. The minimum absolute atomic E-state index is 0.000968. The van der Waals surface area contributed by atoms with Gasteiger partial charge in [0.25, 0.3) is 0 Å². The van der Waals surface area contributed by atoms with Gasteiger partial charge in [-0.15, -0.1) is 16.4 Å². The summed E-state index contributed by atoms with van der Waals surface area (Å²) in [5, 5.41) is 8.51. The first kappa shape index (κ1) is 29.2. The maximum Gasteiger partial charge on any atom is 0.367 e. The van der Waals surface area contributed by atoms with Crippen LogP contribution in [0, 0.1) is 5.82 Å². The molecule has 45 heavy (non-hydrogen) atoms. The van der Waals surface area contributed by atoms with Crippen molar-refractivity contribution in [1.82, 2.24) is 38.7 Å². The molecule has 230 valence electrons. The number of imidazole rings is 2. The van der Waals surface area contributed by atoms with E-state index < -0.39 is 17.4 Å². The van der Waals surface area contributed by atoms with Crippen molar-refractivity contribution in [2.24, 2.45) is 0 Å². The van der Waals surface area contributed by atoms with Crippen LogP contribution in [0.15, 0.2) is 49.4 Å². The van der Waals surface area contributed by atoms with Gasteiger partial charge in [-0.1, -0.05) is 16.8 Å². The Labute approximate surface area is 265 Å². The maximum absolute atomic E-state index is 14.6. The van der Waals surface area contributed by atoms with Crippen molar-refractivity contribution in [2.75, 3.05) is 0 Å². The number of ether oxygens (including phenoxy) is 1. The van der Waals surface area contributed by atoms with E-state index in [2.05, 4.69) is 32.5 Å². The lowest BCUT2D eigenvalue weighted by Crippen LogP contribution is -2.23. The van der Waals surface area contributed by atoms with E-state index in [1.165, 1.54) is 29.3 Å². The molecule has 6 aromatic rings. The number of halogens is 2. The lowest BCUT2D eigenvalue weighted by Gasteiger charge is -2.18. The normalized spacial score (nSPS) is 13.6. The number of fused-ring (bicyclic) bond motifs is 2. The molecule has 0 N–H and O–H groups in total. The minimum atomic E-state index is -0.616. The van der Waals surface area contributed by atoms with Gasteiger partial charge in [0.2, 0.25) is 5.01 Å². The van der Waals surface area contributed by atoms with Crippen molar-refractivity contribution in [1.29, 1.82) is 0 Å². The summed E-state index contributed by atoms with van der Waals surface area (Å²) in [5.41, 5.74) is 3.83. The lowest BCUT2D eigenvalue weighted by atomic mass is 10.1. The number of esters is 1. The van der Waals surface area contributed by atoms with Crippen molar-refractivity contribution < 1.29 is 18.7 Å². The Morgan fingerprint density at radius 1 is 1.16 bits per heavy atom. The predicted octanol–water partition coefficient (Wildman–Crippen LogP) is 6.19.